The van der Waals surface area contributed by atoms with Crippen LogP contribution in [0.1, 0.15) is 43.0 Å². The van der Waals surface area contributed by atoms with Crippen molar-refractivity contribution >= 4 is 28.9 Å². The van der Waals surface area contributed by atoms with E-state index < -0.39 is 11.9 Å². The van der Waals surface area contributed by atoms with Crippen molar-refractivity contribution in [2.24, 2.45) is 0 Å². The van der Waals surface area contributed by atoms with E-state index in [2.05, 4.69) is 9.55 Å². The third kappa shape index (κ3) is 4.15. The monoisotopic (exact) mass is 433 g/mol. The molecule has 7 nitrogen and oxygen atoms in total. The van der Waals surface area contributed by atoms with Gasteiger partial charge in [0.05, 0.1) is 12.3 Å². The first-order chi connectivity index (χ1) is 15.4. The van der Waals surface area contributed by atoms with Crippen LogP contribution in [0.2, 0.25) is 0 Å². The maximum atomic E-state index is 13.2. The number of benzene rings is 1. The Hall–Kier alpha value is -3.48. The van der Waals surface area contributed by atoms with Crippen LogP contribution >= 0.6 is 0 Å². The zero-order valence-corrected chi connectivity index (χ0v) is 18.6. The fraction of sp³-hybridized carbons (Fsp3) is 0.360. The summed E-state index contributed by atoms with van der Waals surface area (Å²) in [7, 11) is 1.86. The fourth-order valence-corrected chi connectivity index (χ4v) is 4.61. The molecule has 1 amide bonds. The topological polar surface area (TPSA) is 81.5 Å². The Balaban J connectivity index is 1.59. The van der Waals surface area contributed by atoms with Gasteiger partial charge < -0.3 is 14.2 Å². The molecule has 0 radical (unpaired) electrons. The van der Waals surface area contributed by atoms with Gasteiger partial charge in [0.15, 0.2) is 0 Å². The Morgan fingerprint density at radius 2 is 1.94 bits per heavy atom. The molecule has 0 bridgehead atoms. The van der Waals surface area contributed by atoms with Crippen LogP contribution in [0.25, 0.3) is 11.0 Å². The molecule has 2 aromatic heterocycles. The molecule has 0 fully saturated rings. The van der Waals surface area contributed by atoms with Crippen LogP contribution in [-0.4, -0.2) is 45.4 Å². The number of carbonyl (C=O) groups excluding carboxylic acids is 3. The quantitative estimate of drug-likeness (QED) is 0.456. The van der Waals surface area contributed by atoms with Gasteiger partial charge in [-0.05, 0) is 43.0 Å². The van der Waals surface area contributed by atoms with Crippen molar-refractivity contribution in [1.29, 1.82) is 0 Å². The number of nitrogens with zero attached hydrogens (tertiary/aromatic N) is 3. The summed E-state index contributed by atoms with van der Waals surface area (Å²) in [5, 5.41) is 0.885. The molecule has 7 heteroatoms. The minimum atomic E-state index is -0.613. The third-order valence-electron chi connectivity index (χ3n) is 6.29. The molecular weight excluding hydrogens is 406 g/mol. The van der Waals surface area contributed by atoms with E-state index in [1.165, 1.54) is 6.92 Å². The van der Waals surface area contributed by atoms with Gasteiger partial charge in [-0.2, -0.15) is 0 Å². The van der Waals surface area contributed by atoms with Crippen LogP contribution in [0.15, 0.2) is 48.7 Å². The first-order valence-corrected chi connectivity index (χ1v) is 10.8. The molecule has 166 valence electrons. The molecule has 0 spiro atoms. The number of hydrogen-bond donors (Lipinski definition) is 0. The van der Waals surface area contributed by atoms with E-state index >= 15 is 0 Å². The van der Waals surface area contributed by atoms with Crippen molar-refractivity contribution in [2.75, 3.05) is 7.05 Å². The highest BCUT2D eigenvalue weighted by atomic mass is 16.6. The number of likely N-dealkylation sites (N-methyl/N-ethyl adjacent to an activating group) is 1. The molecule has 2 atom stereocenters. The largest absolute Gasteiger partial charge is 0.393 e. The Morgan fingerprint density at radius 3 is 2.66 bits per heavy atom. The first kappa shape index (κ1) is 21.7. The number of carbonyl (C=O) groups is 3. The van der Waals surface area contributed by atoms with Crippen molar-refractivity contribution in [3.8, 4) is 0 Å². The number of pyridine rings is 1. The highest BCUT2D eigenvalue weighted by Crippen LogP contribution is 2.32. The van der Waals surface area contributed by atoms with E-state index in [4.69, 9.17) is 4.74 Å². The van der Waals surface area contributed by atoms with Crippen LogP contribution in [-0.2, 0) is 38.5 Å². The third-order valence-corrected chi connectivity index (χ3v) is 6.29. The van der Waals surface area contributed by atoms with E-state index in [1.807, 2.05) is 61.3 Å². The van der Waals surface area contributed by atoms with E-state index in [9.17, 15) is 14.4 Å². The van der Waals surface area contributed by atoms with Crippen LogP contribution < -0.4 is 0 Å². The normalized spacial score (nSPS) is 16.3. The SMILES string of the molecule is CC(=O)OC(=O)Cc1c2n(c3ncccc13)C[C@H](N(C)C(=O)[C@H](C)c1ccccc1)CC2. The Kier molecular flexibility index (Phi) is 6.08. The number of aromatic nitrogens is 2. The lowest BCUT2D eigenvalue weighted by Crippen LogP contribution is -2.44. The Labute approximate surface area is 187 Å². The number of hydrogen-bond acceptors (Lipinski definition) is 5. The molecule has 4 rings (SSSR count). The summed E-state index contributed by atoms with van der Waals surface area (Å²) in [4.78, 5) is 42.9. The van der Waals surface area contributed by atoms with E-state index in [-0.39, 0.29) is 24.3 Å². The highest BCUT2D eigenvalue weighted by molar-refractivity contribution is 5.91. The summed E-state index contributed by atoms with van der Waals surface area (Å²) in [6.07, 6.45) is 3.24. The lowest BCUT2D eigenvalue weighted by molar-refractivity contribution is -0.157. The molecule has 0 unspecified atom stereocenters. The average Bonchev–Trinajstić information content (AvgIpc) is 3.10. The smallest absolute Gasteiger partial charge is 0.317 e. The summed E-state index contributed by atoms with van der Waals surface area (Å²) in [5.41, 5.74) is 3.66. The molecule has 0 N–H and O–H groups in total. The van der Waals surface area contributed by atoms with E-state index in [0.717, 1.165) is 34.3 Å². The Morgan fingerprint density at radius 1 is 1.19 bits per heavy atom. The summed E-state index contributed by atoms with van der Waals surface area (Å²) in [6.45, 7) is 3.77. The minimum absolute atomic E-state index is 0.0224. The van der Waals surface area contributed by atoms with Crippen molar-refractivity contribution in [2.45, 2.75) is 51.6 Å². The second-order valence-corrected chi connectivity index (χ2v) is 8.33. The van der Waals surface area contributed by atoms with Crippen molar-refractivity contribution < 1.29 is 19.1 Å². The van der Waals surface area contributed by atoms with Gasteiger partial charge in [-0.25, -0.2) is 4.98 Å². The minimum Gasteiger partial charge on any atom is -0.393 e. The predicted octanol–water partition coefficient (Wildman–Crippen LogP) is 3.25. The van der Waals surface area contributed by atoms with Gasteiger partial charge in [0.1, 0.15) is 5.65 Å². The second kappa shape index (κ2) is 8.94. The van der Waals surface area contributed by atoms with Gasteiger partial charge in [0, 0.05) is 43.8 Å². The zero-order valence-electron chi connectivity index (χ0n) is 18.6. The second-order valence-electron chi connectivity index (χ2n) is 8.33. The van der Waals surface area contributed by atoms with Gasteiger partial charge in [-0.15, -0.1) is 0 Å². The molecule has 0 saturated heterocycles. The fourth-order valence-electron chi connectivity index (χ4n) is 4.61. The standard InChI is InChI=1S/C25H27N3O4/c1-16(18-8-5-4-6-9-18)25(31)27(3)19-11-12-22-21(14-23(30)32-17(2)29)20-10-7-13-26-24(20)28(22)15-19/h4-10,13,16,19H,11-12,14-15H2,1-3H3/t16-,19-/m1/s1. The van der Waals surface area contributed by atoms with Gasteiger partial charge in [-0.3, -0.25) is 14.4 Å². The molecule has 0 aliphatic carbocycles. The zero-order chi connectivity index (χ0) is 22.8. The first-order valence-electron chi connectivity index (χ1n) is 10.8. The van der Waals surface area contributed by atoms with E-state index in [1.54, 1.807) is 6.20 Å². The number of rotatable bonds is 5. The van der Waals surface area contributed by atoms with Gasteiger partial charge in [0.2, 0.25) is 5.91 Å². The lowest BCUT2D eigenvalue weighted by atomic mass is 9.96. The maximum Gasteiger partial charge on any atom is 0.317 e. The van der Waals surface area contributed by atoms with Crippen LogP contribution in [0.3, 0.4) is 0 Å². The van der Waals surface area contributed by atoms with Crippen LogP contribution in [0.4, 0.5) is 0 Å². The van der Waals surface area contributed by atoms with Crippen LogP contribution in [0, 0.1) is 0 Å². The molecule has 1 aliphatic rings. The Bertz CT molecular complexity index is 1170. The molecular formula is C25H27N3O4. The molecule has 3 heterocycles. The van der Waals surface area contributed by atoms with Crippen LogP contribution in [0.5, 0.6) is 0 Å². The summed E-state index contributed by atoms with van der Waals surface area (Å²) < 4.78 is 6.87. The highest BCUT2D eigenvalue weighted by Gasteiger charge is 2.31. The maximum absolute atomic E-state index is 13.2. The average molecular weight is 434 g/mol. The number of amides is 1. The van der Waals surface area contributed by atoms with Crippen molar-refractivity contribution in [3.63, 3.8) is 0 Å². The van der Waals surface area contributed by atoms with Gasteiger partial charge in [0.25, 0.3) is 0 Å². The number of esters is 2. The molecule has 1 aliphatic heterocycles. The van der Waals surface area contributed by atoms with Gasteiger partial charge in [-0.1, -0.05) is 30.3 Å². The van der Waals surface area contributed by atoms with Crippen molar-refractivity contribution in [3.05, 3.63) is 65.5 Å². The number of fused-ring (bicyclic) bond motifs is 3. The number of ether oxygens (including phenoxy) is 1. The van der Waals surface area contributed by atoms with Crippen molar-refractivity contribution in [1.82, 2.24) is 14.5 Å². The summed E-state index contributed by atoms with van der Waals surface area (Å²) >= 11 is 0. The summed E-state index contributed by atoms with van der Waals surface area (Å²) in [5.74, 6) is -1.32. The molecule has 1 aromatic carbocycles. The van der Waals surface area contributed by atoms with Gasteiger partial charge >= 0.3 is 11.9 Å². The van der Waals surface area contributed by atoms with E-state index in [0.29, 0.717) is 13.0 Å². The molecule has 32 heavy (non-hydrogen) atoms. The predicted molar refractivity (Wildman–Crippen MR) is 120 cm³/mol. The molecule has 0 saturated carbocycles. The molecule has 3 aromatic rings. The summed E-state index contributed by atoms with van der Waals surface area (Å²) in [6, 6.07) is 13.6. The lowest BCUT2D eigenvalue weighted by Gasteiger charge is -2.34.